The smallest absolute Gasteiger partial charge is 0.123 e. The number of hydrogen-bond acceptors (Lipinski definition) is 3. The van der Waals surface area contributed by atoms with E-state index in [0.717, 1.165) is 17.7 Å². The molecule has 0 aliphatic rings. The summed E-state index contributed by atoms with van der Waals surface area (Å²) in [6.07, 6.45) is 0. The van der Waals surface area contributed by atoms with Crippen molar-refractivity contribution in [1.82, 2.24) is 4.90 Å². The second-order valence-electron chi connectivity index (χ2n) is 4.72. The molecule has 1 aromatic carbocycles. The van der Waals surface area contributed by atoms with Gasteiger partial charge in [0, 0.05) is 31.8 Å². The van der Waals surface area contributed by atoms with Gasteiger partial charge in [0.15, 0.2) is 0 Å². The molecule has 0 bridgehead atoms. The summed E-state index contributed by atoms with van der Waals surface area (Å²) in [4.78, 5) is 2.49. The molecule has 0 fully saturated rings. The van der Waals surface area contributed by atoms with Crippen molar-refractivity contribution in [3.63, 3.8) is 0 Å². The number of hydrogen-bond donors (Lipinski definition) is 1. The molecule has 106 valence electrons. The Morgan fingerprint density at radius 3 is 2.68 bits per heavy atom. The van der Waals surface area contributed by atoms with Crippen LogP contribution in [0.4, 0.5) is 4.39 Å². The fourth-order valence-corrected chi connectivity index (χ4v) is 2.08. The lowest BCUT2D eigenvalue weighted by Crippen LogP contribution is -2.34. The van der Waals surface area contributed by atoms with E-state index in [0.29, 0.717) is 24.2 Å². The number of rotatable bonds is 7. The van der Waals surface area contributed by atoms with E-state index in [-0.39, 0.29) is 5.82 Å². The Morgan fingerprint density at radius 2 is 2.16 bits per heavy atom. The van der Waals surface area contributed by atoms with E-state index in [4.69, 9.17) is 22.7 Å². The summed E-state index contributed by atoms with van der Waals surface area (Å²) in [5.41, 5.74) is 7.23. The van der Waals surface area contributed by atoms with Crippen LogP contribution in [-0.4, -0.2) is 36.2 Å². The number of benzene rings is 1. The lowest BCUT2D eigenvalue weighted by atomic mass is 10.1. The van der Waals surface area contributed by atoms with Crippen LogP contribution >= 0.6 is 12.2 Å². The molecule has 3 nitrogen and oxygen atoms in total. The topological polar surface area (TPSA) is 38.5 Å². The summed E-state index contributed by atoms with van der Waals surface area (Å²) in [6, 6.07) is 4.85. The zero-order valence-electron chi connectivity index (χ0n) is 11.6. The molecule has 0 saturated carbocycles. The van der Waals surface area contributed by atoms with Gasteiger partial charge in [0.25, 0.3) is 0 Å². The SMILES string of the molecule is COCCN(Cc1cc(F)ccc1C(N)=S)C(C)C. The minimum absolute atomic E-state index is 0.273. The fourth-order valence-electron chi connectivity index (χ4n) is 1.88. The van der Waals surface area contributed by atoms with Crippen molar-refractivity contribution in [3.05, 3.63) is 35.1 Å². The van der Waals surface area contributed by atoms with E-state index in [1.54, 1.807) is 13.2 Å². The highest BCUT2D eigenvalue weighted by Gasteiger charge is 2.14. The standard InChI is InChI=1S/C14H21FN2OS/c1-10(2)17(6-7-18-3)9-11-8-12(15)4-5-13(11)14(16)19/h4-5,8,10H,6-7,9H2,1-3H3,(H2,16,19). The first kappa shape index (κ1) is 16.0. The van der Waals surface area contributed by atoms with E-state index in [9.17, 15) is 4.39 Å². The van der Waals surface area contributed by atoms with E-state index in [2.05, 4.69) is 18.7 Å². The van der Waals surface area contributed by atoms with Gasteiger partial charge in [-0.05, 0) is 37.6 Å². The van der Waals surface area contributed by atoms with Gasteiger partial charge >= 0.3 is 0 Å². The highest BCUT2D eigenvalue weighted by Crippen LogP contribution is 2.15. The van der Waals surface area contributed by atoms with Gasteiger partial charge in [0.1, 0.15) is 10.8 Å². The van der Waals surface area contributed by atoms with Gasteiger partial charge in [-0.2, -0.15) is 0 Å². The molecule has 0 radical (unpaired) electrons. The van der Waals surface area contributed by atoms with Crippen molar-refractivity contribution in [2.75, 3.05) is 20.3 Å². The maximum absolute atomic E-state index is 13.4. The van der Waals surface area contributed by atoms with Gasteiger partial charge in [-0.3, -0.25) is 4.90 Å². The Hall–Kier alpha value is -1.04. The van der Waals surface area contributed by atoms with Crippen LogP contribution in [0, 0.1) is 5.82 Å². The van der Waals surface area contributed by atoms with E-state index in [1.165, 1.54) is 12.1 Å². The predicted octanol–water partition coefficient (Wildman–Crippen LogP) is 2.32. The van der Waals surface area contributed by atoms with Crippen LogP contribution in [0.15, 0.2) is 18.2 Å². The number of halogens is 1. The average molecular weight is 284 g/mol. The molecule has 0 aliphatic carbocycles. The molecule has 1 rings (SSSR count). The molecular weight excluding hydrogens is 263 g/mol. The van der Waals surface area contributed by atoms with Gasteiger partial charge in [-0.25, -0.2) is 4.39 Å². The third-order valence-corrected chi connectivity index (χ3v) is 3.24. The van der Waals surface area contributed by atoms with Gasteiger partial charge in [-0.1, -0.05) is 12.2 Å². The summed E-state index contributed by atoms with van der Waals surface area (Å²) in [5.74, 6) is -0.273. The number of nitrogens with two attached hydrogens (primary N) is 1. The van der Waals surface area contributed by atoms with Gasteiger partial charge in [-0.15, -0.1) is 0 Å². The Kier molecular flexibility index (Phi) is 6.34. The van der Waals surface area contributed by atoms with E-state index < -0.39 is 0 Å². The normalized spacial score (nSPS) is 11.3. The minimum atomic E-state index is -0.273. The summed E-state index contributed by atoms with van der Waals surface area (Å²) < 4.78 is 18.5. The van der Waals surface area contributed by atoms with Crippen LogP contribution in [0.5, 0.6) is 0 Å². The summed E-state index contributed by atoms with van der Waals surface area (Å²) in [6.45, 7) is 6.20. The Bertz CT molecular complexity index is 437. The van der Waals surface area contributed by atoms with E-state index >= 15 is 0 Å². The molecule has 2 N–H and O–H groups in total. The molecule has 0 amide bonds. The number of nitrogens with zero attached hydrogens (tertiary/aromatic N) is 1. The second kappa shape index (κ2) is 7.53. The molecule has 19 heavy (non-hydrogen) atoms. The summed E-state index contributed by atoms with van der Waals surface area (Å²) in [7, 11) is 1.67. The molecule has 0 unspecified atom stereocenters. The molecule has 0 aromatic heterocycles. The first-order valence-corrected chi connectivity index (χ1v) is 6.67. The highest BCUT2D eigenvalue weighted by molar-refractivity contribution is 7.80. The number of ether oxygens (including phenoxy) is 1. The van der Waals surface area contributed by atoms with Crippen molar-refractivity contribution in [1.29, 1.82) is 0 Å². The monoisotopic (exact) mass is 284 g/mol. The average Bonchev–Trinajstić information content (AvgIpc) is 2.33. The van der Waals surface area contributed by atoms with Crippen LogP contribution < -0.4 is 5.73 Å². The molecule has 0 atom stereocenters. The maximum Gasteiger partial charge on any atom is 0.123 e. The molecule has 0 spiro atoms. The van der Waals surface area contributed by atoms with Crippen LogP contribution in [-0.2, 0) is 11.3 Å². The van der Waals surface area contributed by atoms with Crippen molar-refractivity contribution in [2.45, 2.75) is 26.4 Å². The lowest BCUT2D eigenvalue weighted by molar-refractivity contribution is 0.125. The second-order valence-corrected chi connectivity index (χ2v) is 5.16. The Balaban J connectivity index is 2.94. The quantitative estimate of drug-likeness (QED) is 0.780. The fraction of sp³-hybridized carbons (Fsp3) is 0.500. The van der Waals surface area contributed by atoms with Crippen molar-refractivity contribution >= 4 is 17.2 Å². The van der Waals surface area contributed by atoms with Crippen LogP contribution in [0.25, 0.3) is 0 Å². The van der Waals surface area contributed by atoms with Crippen molar-refractivity contribution < 1.29 is 9.13 Å². The first-order chi connectivity index (χ1) is 8.95. The van der Waals surface area contributed by atoms with Crippen molar-refractivity contribution in [3.8, 4) is 0 Å². The van der Waals surface area contributed by atoms with E-state index in [1.807, 2.05) is 0 Å². The number of thiocarbonyl (C=S) groups is 1. The summed E-state index contributed by atoms with van der Waals surface area (Å²) in [5, 5.41) is 0. The van der Waals surface area contributed by atoms with Gasteiger partial charge in [0.05, 0.1) is 6.61 Å². The zero-order chi connectivity index (χ0) is 14.4. The minimum Gasteiger partial charge on any atom is -0.389 e. The first-order valence-electron chi connectivity index (χ1n) is 6.27. The lowest BCUT2D eigenvalue weighted by Gasteiger charge is -2.27. The number of methoxy groups -OCH3 is 1. The molecule has 1 aromatic rings. The largest absolute Gasteiger partial charge is 0.389 e. The highest BCUT2D eigenvalue weighted by atomic mass is 32.1. The predicted molar refractivity (Wildman–Crippen MR) is 79.7 cm³/mol. The van der Waals surface area contributed by atoms with Crippen LogP contribution in [0.2, 0.25) is 0 Å². The molecule has 0 heterocycles. The Morgan fingerprint density at radius 1 is 1.47 bits per heavy atom. The molecular formula is C14H21FN2OS. The van der Waals surface area contributed by atoms with Crippen LogP contribution in [0.1, 0.15) is 25.0 Å². The summed E-state index contributed by atoms with van der Waals surface area (Å²) >= 11 is 5.01. The third kappa shape index (κ3) is 4.86. The third-order valence-electron chi connectivity index (χ3n) is 3.02. The molecule has 0 saturated heterocycles. The zero-order valence-corrected chi connectivity index (χ0v) is 12.5. The molecule has 5 heteroatoms. The van der Waals surface area contributed by atoms with Crippen LogP contribution in [0.3, 0.4) is 0 Å². The van der Waals surface area contributed by atoms with Crippen molar-refractivity contribution in [2.24, 2.45) is 5.73 Å². The molecule has 0 aliphatic heterocycles. The van der Waals surface area contributed by atoms with Gasteiger partial charge < -0.3 is 10.5 Å². The maximum atomic E-state index is 13.4. The van der Waals surface area contributed by atoms with Gasteiger partial charge in [0.2, 0.25) is 0 Å². The Labute approximate surface area is 119 Å².